The quantitative estimate of drug-likeness (QED) is 0.295. The van der Waals surface area contributed by atoms with Crippen LogP contribution in [0.15, 0.2) is 22.9 Å². The predicted molar refractivity (Wildman–Crippen MR) is 154 cm³/mol. The topological polar surface area (TPSA) is 97.5 Å². The number of thiophene rings is 1. The summed E-state index contributed by atoms with van der Waals surface area (Å²) < 4.78 is 5.89. The number of ether oxygens (including phenoxy) is 1. The van der Waals surface area contributed by atoms with Crippen molar-refractivity contribution in [3.63, 3.8) is 0 Å². The fraction of sp³-hybridized carbons (Fsp3) is 0.586. The molecule has 2 aromatic rings. The van der Waals surface area contributed by atoms with Gasteiger partial charge in [-0.05, 0) is 79.1 Å². The zero-order chi connectivity index (χ0) is 29.3. The third-order valence-corrected chi connectivity index (χ3v) is 10.0. The van der Waals surface area contributed by atoms with Gasteiger partial charge in [0.1, 0.15) is 18.7 Å². The van der Waals surface area contributed by atoms with Crippen LogP contribution in [0.5, 0.6) is 0 Å². The molecule has 41 heavy (non-hydrogen) atoms. The van der Waals surface area contributed by atoms with Crippen LogP contribution in [0, 0.1) is 13.8 Å². The summed E-state index contributed by atoms with van der Waals surface area (Å²) >= 11 is 7.69. The number of cyclic esters (lactones) is 1. The van der Waals surface area contributed by atoms with Crippen LogP contribution in [-0.2, 0) is 16.1 Å². The van der Waals surface area contributed by atoms with E-state index in [9.17, 15) is 19.6 Å². The lowest BCUT2D eigenvalue weighted by Gasteiger charge is -2.50. The smallest absolute Gasteiger partial charge is 0.410 e. The predicted octanol–water partition coefficient (Wildman–Crippen LogP) is 3.48. The Morgan fingerprint density at radius 2 is 1.90 bits per heavy atom. The molecule has 0 spiro atoms. The lowest BCUT2D eigenvalue weighted by molar-refractivity contribution is -0.907. The molecule has 2 aromatic heterocycles. The first-order chi connectivity index (χ1) is 19.6. The Hall–Kier alpha value is -2.89. The molecule has 222 valence electrons. The number of hydrogen-bond acceptors (Lipinski definition) is 7. The van der Waals surface area contributed by atoms with Gasteiger partial charge in [0.15, 0.2) is 0 Å². The van der Waals surface area contributed by atoms with Crippen molar-refractivity contribution in [1.29, 1.82) is 0 Å². The van der Waals surface area contributed by atoms with E-state index in [4.69, 9.17) is 16.3 Å². The molecule has 3 amide bonds. The van der Waals surface area contributed by atoms with Crippen LogP contribution in [0.25, 0.3) is 0 Å². The zero-order valence-corrected chi connectivity index (χ0v) is 25.5. The molecule has 0 unspecified atom stereocenters. The van der Waals surface area contributed by atoms with Crippen LogP contribution in [0.2, 0.25) is 5.15 Å². The Bertz CT molecular complexity index is 1290. The lowest BCUT2D eigenvalue weighted by Crippen LogP contribution is -2.58. The van der Waals surface area contributed by atoms with Gasteiger partial charge >= 0.3 is 11.2 Å². The number of rotatable bonds is 7. The minimum absolute atomic E-state index is 0.0375. The number of aromatic nitrogens is 1. The van der Waals surface area contributed by atoms with Gasteiger partial charge in [0.2, 0.25) is 11.6 Å². The van der Waals surface area contributed by atoms with Crippen molar-refractivity contribution in [2.24, 2.45) is 0 Å². The van der Waals surface area contributed by atoms with Gasteiger partial charge in [-0.15, -0.1) is 0 Å². The van der Waals surface area contributed by atoms with Crippen molar-refractivity contribution in [3.8, 4) is 0 Å². The molecule has 0 bridgehead atoms. The summed E-state index contributed by atoms with van der Waals surface area (Å²) in [4.78, 5) is 46.7. The monoisotopic (exact) mass is 604 g/mol. The summed E-state index contributed by atoms with van der Waals surface area (Å²) in [6.45, 7) is 10.2. The van der Waals surface area contributed by atoms with Gasteiger partial charge in [0.05, 0.1) is 6.54 Å². The fourth-order valence-electron chi connectivity index (χ4n) is 6.39. The highest BCUT2D eigenvalue weighted by Gasteiger charge is 2.41. The molecular formula is C29H39ClN5O5S+. The molecule has 12 heteroatoms. The van der Waals surface area contributed by atoms with E-state index in [1.54, 1.807) is 24.3 Å². The maximum Gasteiger partial charge on any atom is 0.410 e. The number of carbonyl (C=O) groups excluding carboxylic acids is 3. The number of halogens is 1. The highest BCUT2D eigenvalue weighted by molar-refractivity contribution is 7.07. The number of pyridine rings is 1. The fourth-order valence-corrected chi connectivity index (χ4v) is 7.34. The molecule has 3 saturated heterocycles. The van der Waals surface area contributed by atoms with E-state index in [1.165, 1.54) is 4.90 Å². The highest BCUT2D eigenvalue weighted by atomic mass is 35.5. The summed E-state index contributed by atoms with van der Waals surface area (Å²) in [6.07, 6.45) is 3.00. The molecule has 0 saturated carbocycles. The third-order valence-electron chi connectivity index (χ3n) is 9.05. The van der Waals surface area contributed by atoms with Gasteiger partial charge in [-0.2, -0.15) is 11.3 Å². The Morgan fingerprint density at radius 1 is 1.20 bits per heavy atom. The molecule has 3 fully saturated rings. The molecule has 0 aliphatic carbocycles. The molecule has 10 nitrogen and oxygen atoms in total. The second-order valence-corrected chi connectivity index (χ2v) is 12.8. The van der Waals surface area contributed by atoms with Crippen molar-refractivity contribution in [3.05, 3.63) is 50.4 Å². The lowest BCUT2D eigenvalue weighted by atomic mass is 9.85. The molecule has 3 aliphatic heterocycles. The molecule has 3 aliphatic rings. The van der Waals surface area contributed by atoms with Crippen LogP contribution >= 0.6 is 22.9 Å². The van der Waals surface area contributed by atoms with Gasteiger partial charge in [-0.1, -0.05) is 0 Å². The number of carbonyl (C=O) groups is 3. The molecule has 1 N–H and O–H groups in total. The summed E-state index contributed by atoms with van der Waals surface area (Å²) in [5, 5.41) is 14.5. The maximum atomic E-state index is 13.4. The van der Waals surface area contributed by atoms with Crippen molar-refractivity contribution in [2.45, 2.75) is 64.6 Å². The van der Waals surface area contributed by atoms with E-state index in [1.807, 2.05) is 28.2 Å². The molecule has 0 atom stereocenters. The first kappa shape index (κ1) is 29.6. The van der Waals surface area contributed by atoms with Crippen molar-refractivity contribution < 1.29 is 29.1 Å². The van der Waals surface area contributed by atoms with Gasteiger partial charge in [-0.3, -0.25) is 24.6 Å². The number of hydrogen-bond donors (Lipinski definition) is 1. The first-order valence-electron chi connectivity index (χ1n) is 14.2. The first-order valence-corrected chi connectivity index (χ1v) is 15.6. The molecule has 0 radical (unpaired) electrons. The zero-order valence-electron chi connectivity index (χ0n) is 24.0. The molecule has 5 rings (SSSR count). The highest BCUT2D eigenvalue weighted by Crippen LogP contribution is 2.33. The average Bonchev–Trinajstić information content (AvgIpc) is 3.62. The average molecular weight is 605 g/mol. The normalized spacial score (nSPS) is 19.9. The summed E-state index contributed by atoms with van der Waals surface area (Å²) in [5.41, 5.74) is 2.76. The van der Waals surface area contributed by atoms with E-state index in [0.717, 1.165) is 54.6 Å². The second-order valence-electron chi connectivity index (χ2n) is 11.6. The van der Waals surface area contributed by atoms with Gasteiger partial charge in [0.25, 0.3) is 5.91 Å². The van der Waals surface area contributed by atoms with E-state index in [2.05, 4.69) is 17.2 Å². The molecule has 5 heterocycles. The third kappa shape index (κ3) is 6.17. The molecule has 0 aromatic carbocycles. The Balaban J connectivity index is 1.20. The number of nitrogens with zero attached hydrogens (tertiary/aromatic N) is 5. The Morgan fingerprint density at radius 3 is 2.51 bits per heavy atom. The summed E-state index contributed by atoms with van der Waals surface area (Å²) in [5.74, 6) is -0.117. The van der Waals surface area contributed by atoms with Crippen molar-refractivity contribution >= 4 is 40.8 Å². The number of amides is 3. The summed E-state index contributed by atoms with van der Waals surface area (Å²) in [6, 6.07) is 3.76. The number of piperidine rings is 2. The van der Waals surface area contributed by atoms with E-state index in [0.29, 0.717) is 44.0 Å². The van der Waals surface area contributed by atoms with Crippen LogP contribution in [0.4, 0.5) is 4.79 Å². The van der Waals surface area contributed by atoms with Gasteiger partial charge in [0, 0.05) is 62.0 Å². The maximum absolute atomic E-state index is 13.4. The van der Waals surface area contributed by atoms with Crippen LogP contribution in [-0.4, -0.2) is 100 Å². The Labute approximate surface area is 250 Å². The van der Waals surface area contributed by atoms with Crippen LogP contribution in [0.3, 0.4) is 0 Å². The van der Waals surface area contributed by atoms with E-state index < -0.39 is 6.09 Å². The van der Waals surface area contributed by atoms with E-state index >= 15 is 0 Å². The van der Waals surface area contributed by atoms with Crippen LogP contribution < -0.4 is 4.73 Å². The van der Waals surface area contributed by atoms with Crippen LogP contribution in [0.1, 0.15) is 59.8 Å². The van der Waals surface area contributed by atoms with Crippen molar-refractivity contribution in [2.75, 3.05) is 45.9 Å². The Kier molecular flexibility index (Phi) is 8.77. The van der Waals surface area contributed by atoms with E-state index in [-0.39, 0.29) is 35.1 Å². The van der Waals surface area contributed by atoms with Gasteiger partial charge < -0.3 is 14.5 Å². The largest absolute Gasteiger partial charge is 0.448 e. The minimum Gasteiger partial charge on any atom is -0.448 e. The molecular weight excluding hydrogens is 566 g/mol. The minimum atomic E-state index is -0.418. The second kappa shape index (κ2) is 12.1. The SMILES string of the molecule is Cc1cc(Cl)[n+](O)c(C)c1C(=O)N1CCC(C)(N2CCC(N(Cc3ccsc3)C(=O)CN3CCOC3=O)CC2)CC1. The summed E-state index contributed by atoms with van der Waals surface area (Å²) in [7, 11) is 0. The standard InChI is InChI=1S/C29H39ClN5O5S/c1-20-16-24(30)35(39)21(2)26(20)27(37)31-11-7-29(3,8-12-31)33-9-4-23(5-10-33)34(17-22-6-15-41-19-22)25(36)18-32-13-14-40-28(32)38/h6,15-16,19,23,39H,4-5,7-14,17-18H2,1-3H3/q+1. The number of likely N-dealkylation sites (tertiary alicyclic amines) is 2. The van der Waals surface area contributed by atoms with Gasteiger partial charge in [-0.25, -0.2) is 4.79 Å². The number of aryl methyl sites for hydroxylation is 1. The van der Waals surface area contributed by atoms with Crippen molar-refractivity contribution in [1.82, 2.24) is 19.6 Å².